The minimum absolute atomic E-state index is 0. The Hall–Kier alpha value is -1.82. The number of rotatable bonds is 5. The molecule has 2 rings (SSSR count). The van der Waals surface area contributed by atoms with E-state index < -0.39 is 5.54 Å². The Morgan fingerprint density at radius 3 is 2.35 bits per heavy atom. The molecule has 7 heteroatoms. The lowest BCUT2D eigenvalue weighted by Gasteiger charge is -2.18. The summed E-state index contributed by atoms with van der Waals surface area (Å²) in [5, 5.41) is 2.79. The van der Waals surface area contributed by atoms with Crippen molar-refractivity contribution in [2.24, 2.45) is 5.73 Å². The maximum atomic E-state index is 11.9. The molecule has 0 aliphatic carbocycles. The molecule has 23 heavy (non-hydrogen) atoms. The molecule has 126 valence electrons. The quantitative estimate of drug-likeness (QED) is 0.861. The largest absolute Gasteiger partial charge is 0.456 e. The van der Waals surface area contributed by atoms with Crippen molar-refractivity contribution in [3.63, 3.8) is 0 Å². The molecule has 0 aliphatic heterocycles. The third kappa shape index (κ3) is 7.32. The lowest BCUT2D eigenvalue weighted by Crippen LogP contribution is -2.45. The Kier molecular flexibility index (Phi) is 8.61. The van der Waals surface area contributed by atoms with Crippen LogP contribution in [-0.2, 0) is 0 Å². The number of benzene rings is 1. The Morgan fingerprint density at radius 1 is 1.17 bits per heavy atom. The predicted octanol–water partition coefficient (Wildman–Crippen LogP) is 3.18. The first-order valence-corrected chi connectivity index (χ1v) is 6.69. The van der Waals surface area contributed by atoms with Crippen molar-refractivity contribution >= 4 is 30.7 Å². The van der Waals surface area contributed by atoms with E-state index in [1.165, 1.54) is 0 Å². The molecule has 5 nitrogen and oxygen atoms in total. The monoisotopic (exact) mass is 357 g/mol. The van der Waals surface area contributed by atoms with E-state index in [0.29, 0.717) is 23.6 Å². The summed E-state index contributed by atoms with van der Waals surface area (Å²) in [6, 6.07) is 10.5. The van der Waals surface area contributed by atoms with Crippen LogP contribution in [0.2, 0.25) is 0 Å². The zero-order valence-electron chi connectivity index (χ0n) is 13.0. The summed E-state index contributed by atoms with van der Waals surface area (Å²) in [4.78, 5) is 15.9. The van der Waals surface area contributed by atoms with Gasteiger partial charge in [0, 0.05) is 23.8 Å². The number of halogens is 2. The van der Waals surface area contributed by atoms with Gasteiger partial charge in [-0.2, -0.15) is 0 Å². The van der Waals surface area contributed by atoms with Gasteiger partial charge in [-0.1, -0.05) is 0 Å². The number of nitrogens with one attached hydrogen (secondary N) is 1. The molecular weight excluding hydrogens is 337 g/mol. The highest BCUT2D eigenvalue weighted by atomic mass is 35.5. The number of amides is 1. The van der Waals surface area contributed by atoms with Crippen molar-refractivity contribution in [2.45, 2.75) is 19.4 Å². The smallest absolute Gasteiger partial charge is 0.251 e. The molecule has 0 fully saturated rings. The minimum Gasteiger partial charge on any atom is -0.456 e. The van der Waals surface area contributed by atoms with Crippen LogP contribution < -0.4 is 15.8 Å². The van der Waals surface area contributed by atoms with Gasteiger partial charge >= 0.3 is 0 Å². The van der Waals surface area contributed by atoms with Gasteiger partial charge in [0.05, 0.1) is 6.20 Å². The number of pyridine rings is 1. The van der Waals surface area contributed by atoms with Crippen LogP contribution in [0, 0.1) is 0 Å². The van der Waals surface area contributed by atoms with Gasteiger partial charge in [0.15, 0.2) is 0 Å². The van der Waals surface area contributed by atoms with Crippen LogP contribution in [-0.4, -0.2) is 23.0 Å². The first-order valence-electron chi connectivity index (χ1n) is 6.69. The van der Waals surface area contributed by atoms with Crippen LogP contribution in [0.4, 0.5) is 0 Å². The van der Waals surface area contributed by atoms with Gasteiger partial charge in [-0.05, 0) is 50.2 Å². The second kappa shape index (κ2) is 9.35. The van der Waals surface area contributed by atoms with E-state index in [4.69, 9.17) is 10.5 Å². The Morgan fingerprint density at radius 2 is 1.83 bits per heavy atom. The van der Waals surface area contributed by atoms with Crippen LogP contribution in [0.1, 0.15) is 24.2 Å². The summed E-state index contributed by atoms with van der Waals surface area (Å²) in [5.74, 6) is 1.15. The van der Waals surface area contributed by atoms with Crippen LogP contribution in [0.3, 0.4) is 0 Å². The number of hydrogen-bond acceptors (Lipinski definition) is 4. The van der Waals surface area contributed by atoms with E-state index in [2.05, 4.69) is 10.3 Å². The molecule has 0 saturated carbocycles. The summed E-state index contributed by atoms with van der Waals surface area (Å²) in [5.41, 5.74) is 5.97. The molecule has 1 amide bonds. The van der Waals surface area contributed by atoms with Crippen LogP contribution in [0.25, 0.3) is 0 Å². The number of carbonyl (C=O) groups excluding carboxylic acids is 1. The fraction of sp³-hybridized carbons (Fsp3) is 0.250. The highest BCUT2D eigenvalue weighted by Gasteiger charge is 2.13. The fourth-order valence-corrected chi connectivity index (χ4v) is 1.63. The molecule has 0 aliphatic rings. The van der Waals surface area contributed by atoms with Gasteiger partial charge in [-0.25, -0.2) is 0 Å². The predicted molar refractivity (Wildman–Crippen MR) is 95.8 cm³/mol. The third-order valence-corrected chi connectivity index (χ3v) is 2.69. The topological polar surface area (TPSA) is 77.2 Å². The standard InChI is InChI=1S/C16H19N3O2.2ClH/c1-16(2,17)11-19-15(20)12-5-7-13(8-6-12)21-14-4-3-9-18-10-14;;/h3-10H,11,17H2,1-2H3,(H,19,20);2*1H. The zero-order chi connectivity index (χ0) is 15.3. The second-order valence-corrected chi connectivity index (χ2v) is 5.49. The molecule has 0 bridgehead atoms. The maximum absolute atomic E-state index is 11.9. The zero-order valence-corrected chi connectivity index (χ0v) is 14.6. The van der Waals surface area contributed by atoms with Crippen LogP contribution in [0.5, 0.6) is 11.5 Å². The molecule has 1 heterocycles. The number of nitrogens with two attached hydrogens (primary N) is 1. The van der Waals surface area contributed by atoms with Gasteiger partial charge in [-0.3, -0.25) is 9.78 Å². The average Bonchev–Trinajstić information content (AvgIpc) is 2.46. The molecule has 0 saturated heterocycles. The molecule has 2 aromatic rings. The van der Waals surface area contributed by atoms with Gasteiger partial charge in [0.2, 0.25) is 0 Å². The molecule has 0 atom stereocenters. The van der Waals surface area contributed by atoms with E-state index in [-0.39, 0.29) is 30.7 Å². The van der Waals surface area contributed by atoms with Gasteiger partial charge in [0.1, 0.15) is 11.5 Å². The normalized spacial score (nSPS) is 10.0. The molecule has 3 N–H and O–H groups in total. The number of aromatic nitrogens is 1. The Balaban J connectivity index is 0.00000242. The van der Waals surface area contributed by atoms with E-state index in [0.717, 1.165) is 0 Å². The highest BCUT2D eigenvalue weighted by molar-refractivity contribution is 5.94. The van der Waals surface area contributed by atoms with E-state index in [9.17, 15) is 4.79 Å². The molecule has 0 radical (unpaired) electrons. The molecular formula is C16H21Cl2N3O2. The van der Waals surface area contributed by atoms with Gasteiger partial charge in [-0.15, -0.1) is 24.8 Å². The van der Waals surface area contributed by atoms with Crippen molar-refractivity contribution in [2.75, 3.05) is 6.54 Å². The maximum Gasteiger partial charge on any atom is 0.251 e. The lowest BCUT2D eigenvalue weighted by atomic mass is 10.1. The van der Waals surface area contributed by atoms with Crippen molar-refractivity contribution in [1.29, 1.82) is 0 Å². The Bertz CT molecular complexity index is 599. The summed E-state index contributed by atoms with van der Waals surface area (Å²) in [7, 11) is 0. The second-order valence-electron chi connectivity index (χ2n) is 5.49. The number of nitrogens with zero attached hydrogens (tertiary/aromatic N) is 1. The number of carbonyl (C=O) groups is 1. The van der Waals surface area contributed by atoms with Crippen molar-refractivity contribution in [1.82, 2.24) is 10.3 Å². The van der Waals surface area contributed by atoms with E-state index >= 15 is 0 Å². The summed E-state index contributed by atoms with van der Waals surface area (Å²) >= 11 is 0. The number of ether oxygens (including phenoxy) is 1. The van der Waals surface area contributed by atoms with Crippen molar-refractivity contribution in [3.8, 4) is 11.5 Å². The summed E-state index contributed by atoms with van der Waals surface area (Å²) < 4.78 is 5.61. The SMILES string of the molecule is CC(C)(N)CNC(=O)c1ccc(Oc2cccnc2)cc1.Cl.Cl. The van der Waals surface area contributed by atoms with Gasteiger partial charge in [0.25, 0.3) is 5.91 Å². The van der Waals surface area contributed by atoms with E-state index in [1.54, 1.807) is 42.7 Å². The first kappa shape index (κ1) is 21.2. The lowest BCUT2D eigenvalue weighted by molar-refractivity contribution is 0.0946. The third-order valence-electron chi connectivity index (χ3n) is 2.69. The number of hydrogen-bond donors (Lipinski definition) is 2. The van der Waals surface area contributed by atoms with Crippen molar-refractivity contribution in [3.05, 3.63) is 54.4 Å². The summed E-state index contributed by atoms with van der Waals surface area (Å²) in [6.45, 7) is 4.13. The molecule has 0 spiro atoms. The van der Waals surface area contributed by atoms with Gasteiger partial charge < -0.3 is 15.8 Å². The molecule has 1 aromatic carbocycles. The van der Waals surface area contributed by atoms with E-state index in [1.807, 2.05) is 19.9 Å². The fourth-order valence-electron chi connectivity index (χ4n) is 1.63. The molecule has 0 unspecified atom stereocenters. The Labute approximate surface area is 148 Å². The first-order chi connectivity index (χ1) is 9.94. The van der Waals surface area contributed by atoms with Crippen LogP contribution >= 0.6 is 24.8 Å². The average molecular weight is 358 g/mol. The molecule has 1 aromatic heterocycles. The van der Waals surface area contributed by atoms with Crippen molar-refractivity contribution < 1.29 is 9.53 Å². The summed E-state index contributed by atoms with van der Waals surface area (Å²) in [6.07, 6.45) is 3.31. The highest BCUT2D eigenvalue weighted by Crippen LogP contribution is 2.20. The van der Waals surface area contributed by atoms with Crippen LogP contribution in [0.15, 0.2) is 48.8 Å². The minimum atomic E-state index is -0.432.